The van der Waals surface area contributed by atoms with Crippen LogP contribution in [0.1, 0.15) is 11.1 Å². The highest BCUT2D eigenvalue weighted by Gasteiger charge is 2.31. The van der Waals surface area contributed by atoms with Crippen LogP contribution in [0.15, 0.2) is 18.2 Å². The predicted molar refractivity (Wildman–Crippen MR) is 55.9 cm³/mol. The van der Waals surface area contributed by atoms with E-state index in [1.54, 1.807) is 0 Å². The predicted octanol–water partition coefficient (Wildman–Crippen LogP) is 2.61. The van der Waals surface area contributed by atoms with Crippen LogP contribution < -0.4 is 10.1 Å². The molecule has 0 fully saturated rings. The average molecular weight is 254 g/mol. The number of rotatable bonds is 0. The summed E-state index contributed by atoms with van der Waals surface area (Å²) >= 11 is 0. The number of benzene rings is 1. The van der Waals surface area contributed by atoms with Crippen LogP contribution >= 0.6 is 12.4 Å². The van der Waals surface area contributed by atoms with E-state index >= 15 is 0 Å². The molecule has 0 amide bonds. The fourth-order valence-electron chi connectivity index (χ4n) is 1.47. The summed E-state index contributed by atoms with van der Waals surface area (Å²) in [5.74, 6) is 0.329. The number of hydrogen-bond acceptors (Lipinski definition) is 2. The Balaban J connectivity index is 0.00000128. The maximum Gasteiger partial charge on any atom is 0.416 e. The topological polar surface area (TPSA) is 21.3 Å². The Kier molecular flexibility index (Phi) is 4.04. The van der Waals surface area contributed by atoms with E-state index in [4.69, 9.17) is 4.74 Å². The summed E-state index contributed by atoms with van der Waals surface area (Å²) in [5, 5.41) is 3.06. The molecule has 0 bridgehead atoms. The molecule has 0 saturated carbocycles. The number of alkyl halides is 3. The van der Waals surface area contributed by atoms with Crippen LogP contribution in [0, 0.1) is 0 Å². The minimum absolute atomic E-state index is 0. The van der Waals surface area contributed by atoms with Crippen molar-refractivity contribution < 1.29 is 17.9 Å². The van der Waals surface area contributed by atoms with Gasteiger partial charge in [0.15, 0.2) is 0 Å². The van der Waals surface area contributed by atoms with Crippen LogP contribution in [0.5, 0.6) is 5.75 Å². The maximum atomic E-state index is 12.4. The first-order valence-corrected chi connectivity index (χ1v) is 4.61. The molecular weight excluding hydrogens is 243 g/mol. The third-order valence-electron chi connectivity index (χ3n) is 2.25. The third-order valence-corrected chi connectivity index (χ3v) is 2.25. The van der Waals surface area contributed by atoms with E-state index in [2.05, 4.69) is 5.32 Å². The molecule has 0 spiro atoms. The Labute approximate surface area is 97.2 Å². The number of ether oxygens (including phenoxy) is 1. The van der Waals surface area contributed by atoms with Crippen LogP contribution in [-0.2, 0) is 12.7 Å². The number of hydrogen-bond donors (Lipinski definition) is 1. The lowest BCUT2D eigenvalue weighted by Gasteiger charge is -2.11. The van der Waals surface area contributed by atoms with Gasteiger partial charge in [-0.25, -0.2) is 0 Å². The van der Waals surface area contributed by atoms with E-state index < -0.39 is 11.7 Å². The smallest absolute Gasteiger partial charge is 0.416 e. The van der Waals surface area contributed by atoms with E-state index in [0.29, 0.717) is 25.4 Å². The maximum absolute atomic E-state index is 12.4. The Morgan fingerprint density at radius 3 is 2.69 bits per heavy atom. The van der Waals surface area contributed by atoms with Crippen LogP contribution in [0.2, 0.25) is 0 Å². The van der Waals surface area contributed by atoms with E-state index in [1.165, 1.54) is 6.07 Å². The molecular formula is C10H11ClF3NO. The Morgan fingerprint density at radius 2 is 2.00 bits per heavy atom. The second-order valence-electron chi connectivity index (χ2n) is 3.35. The van der Waals surface area contributed by atoms with E-state index in [1.807, 2.05) is 0 Å². The minimum atomic E-state index is -4.31. The van der Waals surface area contributed by atoms with Gasteiger partial charge in [-0.15, -0.1) is 12.4 Å². The van der Waals surface area contributed by atoms with Crippen molar-refractivity contribution in [1.82, 2.24) is 5.32 Å². The molecule has 1 aliphatic heterocycles. The first kappa shape index (κ1) is 13.1. The van der Waals surface area contributed by atoms with Gasteiger partial charge >= 0.3 is 6.18 Å². The summed E-state index contributed by atoms with van der Waals surface area (Å²) in [5.41, 5.74) is 0.101. The largest absolute Gasteiger partial charge is 0.492 e. The van der Waals surface area contributed by atoms with Crippen molar-refractivity contribution in [3.8, 4) is 5.75 Å². The van der Waals surface area contributed by atoms with Crippen LogP contribution in [0.3, 0.4) is 0 Å². The lowest BCUT2D eigenvalue weighted by molar-refractivity contribution is -0.137. The highest BCUT2D eigenvalue weighted by molar-refractivity contribution is 5.85. The van der Waals surface area contributed by atoms with Gasteiger partial charge < -0.3 is 10.1 Å². The fraction of sp³-hybridized carbons (Fsp3) is 0.400. The first-order chi connectivity index (χ1) is 7.07. The van der Waals surface area contributed by atoms with E-state index in [-0.39, 0.29) is 12.4 Å². The second-order valence-corrected chi connectivity index (χ2v) is 3.35. The van der Waals surface area contributed by atoms with Gasteiger partial charge in [0.25, 0.3) is 0 Å². The van der Waals surface area contributed by atoms with Crippen molar-refractivity contribution in [2.24, 2.45) is 0 Å². The minimum Gasteiger partial charge on any atom is -0.492 e. The van der Waals surface area contributed by atoms with Crippen molar-refractivity contribution in [3.63, 3.8) is 0 Å². The molecule has 0 aliphatic carbocycles. The van der Waals surface area contributed by atoms with Crippen LogP contribution in [-0.4, -0.2) is 13.2 Å². The van der Waals surface area contributed by atoms with Gasteiger partial charge in [-0.1, -0.05) is 6.07 Å². The summed E-state index contributed by atoms with van der Waals surface area (Å²) < 4.78 is 42.4. The van der Waals surface area contributed by atoms with Gasteiger partial charge in [0.05, 0.1) is 5.56 Å². The average Bonchev–Trinajstić information content (AvgIpc) is 2.39. The highest BCUT2D eigenvalue weighted by atomic mass is 35.5. The Hall–Kier alpha value is -0.940. The molecule has 16 heavy (non-hydrogen) atoms. The number of fused-ring (bicyclic) bond motifs is 1. The number of nitrogens with one attached hydrogen (secondary N) is 1. The number of halogens is 4. The zero-order valence-corrected chi connectivity index (χ0v) is 9.12. The lowest BCUT2D eigenvalue weighted by atomic mass is 10.1. The highest BCUT2D eigenvalue weighted by Crippen LogP contribution is 2.33. The second kappa shape index (κ2) is 4.93. The zero-order chi connectivity index (χ0) is 10.9. The van der Waals surface area contributed by atoms with E-state index in [0.717, 1.165) is 17.7 Å². The summed E-state index contributed by atoms with van der Waals surface area (Å²) in [4.78, 5) is 0. The van der Waals surface area contributed by atoms with Crippen molar-refractivity contribution in [3.05, 3.63) is 29.3 Å². The molecule has 2 rings (SSSR count). The van der Waals surface area contributed by atoms with Gasteiger partial charge in [0, 0.05) is 18.7 Å². The molecule has 1 aliphatic rings. The molecule has 0 radical (unpaired) electrons. The molecule has 0 aromatic heterocycles. The first-order valence-electron chi connectivity index (χ1n) is 4.61. The van der Waals surface area contributed by atoms with Crippen molar-refractivity contribution in [2.75, 3.05) is 13.2 Å². The molecule has 1 aromatic carbocycles. The van der Waals surface area contributed by atoms with Crippen LogP contribution in [0.25, 0.3) is 0 Å². The summed E-state index contributed by atoms with van der Waals surface area (Å²) in [7, 11) is 0. The van der Waals surface area contributed by atoms with Gasteiger partial charge in [-0.3, -0.25) is 0 Å². The van der Waals surface area contributed by atoms with Crippen LogP contribution in [0.4, 0.5) is 13.2 Å². The molecule has 2 nitrogen and oxygen atoms in total. The van der Waals surface area contributed by atoms with Crippen molar-refractivity contribution >= 4 is 12.4 Å². The lowest BCUT2D eigenvalue weighted by Crippen LogP contribution is -2.16. The van der Waals surface area contributed by atoms with E-state index in [9.17, 15) is 13.2 Å². The molecule has 6 heteroatoms. The molecule has 1 aromatic rings. The van der Waals surface area contributed by atoms with Gasteiger partial charge in [-0.05, 0) is 12.1 Å². The third kappa shape index (κ3) is 2.80. The SMILES string of the molecule is Cl.FC(F)(F)c1ccc2c(c1)OCCNC2. The van der Waals surface area contributed by atoms with Gasteiger partial charge in [0.1, 0.15) is 12.4 Å². The molecule has 1 heterocycles. The zero-order valence-electron chi connectivity index (χ0n) is 8.30. The quantitative estimate of drug-likeness (QED) is 0.767. The molecule has 0 atom stereocenters. The van der Waals surface area contributed by atoms with Crippen molar-refractivity contribution in [1.29, 1.82) is 0 Å². The Bertz CT molecular complexity index is 368. The molecule has 0 unspecified atom stereocenters. The molecule has 1 N–H and O–H groups in total. The molecule has 0 saturated heterocycles. The fourth-order valence-corrected chi connectivity index (χ4v) is 1.47. The summed E-state index contributed by atoms with van der Waals surface area (Å²) in [6.07, 6.45) is -4.31. The Morgan fingerprint density at radius 1 is 1.25 bits per heavy atom. The normalized spacial score (nSPS) is 15.4. The van der Waals surface area contributed by atoms with Gasteiger partial charge in [0.2, 0.25) is 0 Å². The van der Waals surface area contributed by atoms with Crippen molar-refractivity contribution in [2.45, 2.75) is 12.7 Å². The monoisotopic (exact) mass is 253 g/mol. The van der Waals surface area contributed by atoms with Gasteiger partial charge in [-0.2, -0.15) is 13.2 Å². The summed E-state index contributed by atoms with van der Waals surface area (Å²) in [6, 6.07) is 3.59. The summed E-state index contributed by atoms with van der Waals surface area (Å²) in [6.45, 7) is 1.60. The molecule has 90 valence electrons. The standard InChI is InChI=1S/C10H10F3NO.ClH/c11-10(12,13)8-2-1-7-6-14-3-4-15-9(7)5-8;/h1-2,5,14H,3-4,6H2;1H.